The lowest BCUT2D eigenvalue weighted by Crippen LogP contribution is -2.24. The van der Waals surface area contributed by atoms with Crippen LogP contribution in [0.1, 0.15) is 25.0 Å². The zero-order valence-electron chi connectivity index (χ0n) is 25.9. The van der Waals surface area contributed by atoms with E-state index in [0.717, 1.165) is 72.4 Å². The Hall–Kier alpha value is -6.07. The highest BCUT2D eigenvalue weighted by atomic mass is 16.5. The fraction of sp³-hybridized carbons (Fsp3) is 0.0714. The van der Waals surface area contributed by atoms with Crippen molar-refractivity contribution in [1.29, 1.82) is 0 Å². The van der Waals surface area contributed by atoms with Crippen LogP contribution >= 0.6 is 0 Å². The number of benzene rings is 6. The first-order valence-electron chi connectivity index (χ1n) is 15.8. The summed E-state index contributed by atoms with van der Waals surface area (Å²) in [6, 6.07) is 47.4. The Morgan fingerprint density at radius 3 is 1.87 bits per heavy atom. The molecule has 0 amide bonds. The summed E-state index contributed by atoms with van der Waals surface area (Å²) in [6.07, 6.45) is 0. The molecule has 0 unspecified atom stereocenters. The van der Waals surface area contributed by atoms with Crippen LogP contribution in [-0.4, -0.2) is 15.0 Å². The predicted molar refractivity (Wildman–Crippen MR) is 187 cm³/mol. The Morgan fingerprint density at radius 1 is 0.468 bits per heavy atom. The first kappa shape index (κ1) is 27.3. The molecule has 0 spiro atoms. The lowest BCUT2D eigenvalue weighted by Gasteiger charge is -2.34. The molecule has 224 valence electrons. The van der Waals surface area contributed by atoms with Crippen LogP contribution < -0.4 is 4.74 Å². The van der Waals surface area contributed by atoms with Crippen LogP contribution in [0.4, 0.5) is 0 Å². The maximum absolute atomic E-state index is 6.32. The molecular formula is C42H29N3O2. The second kappa shape index (κ2) is 10.5. The van der Waals surface area contributed by atoms with Crippen molar-refractivity contribution < 1.29 is 9.15 Å². The fourth-order valence-corrected chi connectivity index (χ4v) is 6.71. The Kier molecular flexibility index (Phi) is 6.09. The second-order valence-corrected chi connectivity index (χ2v) is 12.5. The minimum Gasteiger partial charge on any atom is -0.457 e. The maximum atomic E-state index is 6.32. The van der Waals surface area contributed by atoms with E-state index < -0.39 is 0 Å². The smallest absolute Gasteiger partial charge is 0.164 e. The first-order chi connectivity index (χ1) is 23.0. The van der Waals surface area contributed by atoms with Crippen LogP contribution in [-0.2, 0) is 5.41 Å². The average Bonchev–Trinajstić information content (AvgIpc) is 3.51. The molecule has 1 aliphatic heterocycles. The van der Waals surface area contributed by atoms with Gasteiger partial charge in [0.2, 0.25) is 0 Å². The van der Waals surface area contributed by atoms with Gasteiger partial charge >= 0.3 is 0 Å². The average molecular weight is 608 g/mol. The van der Waals surface area contributed by atoms with Crippen molar-refractivity contribution in [3.05, 3.63) is 151 Å². The molecule has 8 aromatic rings. The molecule has 0 atom stereocenters. The number of nitrogens with zero attached hydrogens (tertiary/aromatic N) is 3. The molecule has 5 heteroatoms. The van der Waals surface area contributed by atoms with E-state index in [1.54, 1.807) is 0 Å². The first-order valence-corrected chi connectivity index (χ1v) is 15.8. The molecule has 1 aliphatic rings. The van der Waals surface area contributed by atoms with Gasteiger partial charge in [0, 0.05) is 49.6 Å². The summed E-state index contributed by atoms with van der Waals surface area (Å²) in [5.74, 6) is 3.60. The summed E-state index contributed by atoms with van der Waals surface area (Å²) >= 11 is 0. The fourth-order valence-electron chi connectivity index (χ4n) is 6.71. The van der Waals surface area contributed by atoms with Crippen LogP contribution in [0, 0.1) is 0 Å². The zero-order valence-corrected chi connectivity index (χ0v) is 25.9. The Labute approximate surface area is 272 Å². The van der Waals surface area contributed by atoms with Crippen molar-refractivity contribution in [2.75, 3.05) is 0 Å². The Bertz CT molecular complexity index is 2460. The number of aromatic nitrogens is 3. The highest BCUT2D eigenvalue weighted by molar-refractivity contribution is 6.09. The highest BCUT2D eigenvalue weighted by Gasteiger charge is 2.34. The van der Waals surface area contributed by atoms with Gasteiger partial charge in [0.15, 0.2) is 17.5 Å². The summed E-state index contributed by atoms with van der Waals surface area (Å²) in [4.78, 5) is 15.0. The topological polar surface area (TPSA) is 61.0 Å². The third kappa shape index (κ3) is 4.50. The predicted octanol–water partition coefficient (Wildman–Crippen LogP) is 10.9. The van der Waals surface area contributed by atoms with E-state index in [4.69, 9.17) is 24.1 Å². The lowest BCUT2D eigenvalue weighted by molar-refractivity contribution is 0.418. The van der Waals surface area contributed by atoms with E-state index in [2.05, 4.69) is 80.6 Å². The zero-order chi connectivity index (χ0) is 31.5. The van der Waals surface area contributed by atoms with Gasteiger partial charge in [-0.2, -0.15) is 0 Å². The minimum atomic E-state index is -0.253. The monoisotopic (exact) mass is 607 g/mol. The highest BCUT2D eigenvalue weighted by Crippen LogP contribution is 2.48. The number of hydrogen-bond donors (Lipinski definition) is 0. The Balaban J connectivity index is 1.15. The number of furan rings is 1. The van der Waals surface area contributed by atoms with Crippen LogP contribution in [0.15, 0.2) is 144 Å². The number of hydrogen-bond acceptors (Lipinski definition) is 5. The van der Waals surface area contributed by atoms with Gasteiger partial charge in [-0.15, -0.1) is 0 Å². The third-order valence-corrected chi connectivity index (χ3v) is 9.22. The molecule has 9 rings (SSSR count). The quantitative estimate of drug-likeness (QED) is 0.199. The van der Waals surface area contributed by atoms with Gasteiger partial charge in [0.1, 0.15) is 22.7 Å². The number of ether oxygens (including phenoxy) is 1. The number of para-hydroxylation sites is 3. The van der Waals surface area contributed by atoms with Crippen LogP contribution in [0.25, 0.3) is 67.2 Å². The van der Waals surface area contributed by atoms with Crippen molar-refractivity contribution in [3.63, 3.8) is 0 Å². The van der Waals surface area contributed by atoms with Gasteiger partial charge in [-0.05, 0) is 35.9 Å². The van der Waals surface area contributed by atoms with E-state index in [9.17, 15) is 0 Å². The molecule has 0 saturated heterocycles. The summed E-state index contributed by atoms with van der Waals surface area (Å²) in [6.45, 7) is 4.47. The normalized spacial score (nSPS) is 13.2. The van der Waals surface area contributed by atoms with Crippen LogP contribution in [0.3, 0.4) is 0 Å². The molecule has 47 heavy (non-hydrogen) atoms. The molecule has 0 N–H and O–H groups in total. The molecule has 0 radical (unpaired) electrons. The van der Waals surface area contributed by atoms with E-state index in [0.29, 0.717) is 17.5 Å². The van der Waals surface area contributed by atoms with Crippen LogP contribution in [0.5, 0.6) is 11.5 Å². The van der Waals surface area contributed by atoms with Gasteiger partial charge in [-0.25, -0.2) is 15.0 Å². The van der Waals surface area contributed by atoms with Crippen molar-refractivity contribution in [3.8, 4) is 56.8 Å². The van der Waals surface area contributed by atoms with E-state index >= 15 is 0 Å². The molecule has 0 fully saturated rings. The Morgan fingerprint density at radius 2 is 1.06 bits per heavy atom. The van der Waals surface area contributed by atoms with Crippen molar-refractivity contribution in [2.24, 2.45) is 0 Å². The van der Waals surface area contributed by atoms with E-state index in [1.165, 1.54) is 0 Å². The van der Waals surface area contributed by atoms with Gasteiger partial charge in [0.05, 0.1) is 0 Å². The minimum absolute atomic E-state index is 0.253. The SMILES string of the molecule is CC1(C)c2ccccc2Oc2ccc(-c3nc(-c4ccccc4)nc(-c4ccc(-c5cccc6c5oc5ccccc56)cc4)n3)cc21. The van der Waals surface area contributed by atoms with Gasteiger partial charge < -0.3 is 9.15 Å². The van der Waals surface area contributed by atoms with Gasteiger partial charge in [-0.1, -0.05) is 123 Å². The number of fused-ring (bicyclic) bond motifs is 5. The molecule has 0 aliphatic carbocycles. The second-order valence-electron chi connectivity index (χ2n) is 12.5. The molecule has 2 aromatic heterocycles. The summed E-state index contributed by atoms with van der Waals surface area (Å²) in [7, 11) is 0. The number of rotatable bonds is 4. The van der Waals surface area contributed by atoms with Gasteiger partial charge in [0.25, 0.3) is 0 Å². The molecular weight excluding hydrogens is 578 g/mol. The molecule has 0 saturated carbocycles. The molecule has 6 aromatic carbocycles. The largest absolute Gasteiger partial charge is 0.457 e. The van der Waals surface area contributed by atoms with Crippen molar-refractivity contribution in [2.45, 2.75) is 19.3 Å². The summed E-state index contributed by atoms with van der Waals surface area (Å²) in [5.41, 5.74) is 8.63. The summed E-state index contributed by atoms with van der Waals surface area (Å²) < 4.78 is 12.6. The van der Waals surface area contributed by atoms with E-state index in [-0.39, 0.29) is 5.41 Å². The van der Waals surface area contributed by atoms with E-state index in [1.807, 2.05) is 72.8 Å². The van der Waals surface area contributed by atoms with Crippen molar-refractivity contribution >= 4 is 21.9 Å². The molecule has 0 bridgehead atoms. The molecule has 3 heterocycles. The molecule has 5 nitrogen and oxygen atoms in total. The lowest BCUT2D eigenvalue weighted by atomic mass is 9.75. The van der Waals surface area contributed by atoms with Crippen molar-refractivity contribution in [1.82, 2.24) is 15.0 Å². The standard InChI is InChI=1S/C42H29N3O2/c1-42(2)33-16-7-9-18-36(33)46-37-24-23-29(25-34(37)42)41-44-39(27-11-4-3-5-12-27)43-40(45-41)28-21-19-26(20-22-28)30-14-10-15-32-31-13-6-8-17-35(31)47-38(30)32/h3-25H,1-2H3. The third-order valence-electron chi connectivity index (χ3n) is 9.22. The summed E-state index contributed by atoms with van der Waals surface area (Å²) in [5, 5.41) is 2.23. The van der Waals surface area contributed by atoms with Crippen LogP contribution in [0.2, 0.25) is 0 Å². The van der Waals surface area contributed by atoms with Gasteiger partial charge in [-0.3, -0.25) is 0 Å². The maximum Gasteiger partial charge on any atom is 0.164 e.